The summed E-state index contributed by atoms with van der Waals surface area (Å²) in [6, 6.07) is 40.5. The van der Waals surface area contributed by atoms with E-state index in [1.165, 1.54) is 33.4 Å². The van der Waals surface area contributed by atoms with Crippen molar-refractivity contribution in [1.29, 1.82) is 0 Å². The van der Waals surface area contributed by atoms with Gasteiger partial charge in [-0.1, -0.05) is 147 Å². The van der Waals surface area contributed by atoms with E-state index in [4.69, 9.17) is 9.97 Å². The monoisotopic (exact) mass is 584 g/mol. The summed E-state index contributed by atoms with van der Waals surface area (Å²) in [5.41, 5.74) is 12.8. The van der Waals surface area contributed by atoms with Crippen molar-refractivity contribution in [2.45, 2.75) is 46.0 Å². The molecule has 1 aromatic heterocycles. The Kier molecular flexibility index (Phi) is 8.84. The van der Waals surface area contributed by atoms with E-state index in [2.05, 4.69) is 149 Å². The lowest BCUT2D eigenvalue weighted by Crippen LogP contribution is -2.18. The molecule has 0 saturated heterocycles. The number of rotatable bonds is 6. The Hall–Kier alpha value is -5.08. The zero-order valence-corrected chi connectivity index (χ0v) is 26.7. The van der Waals surface area contributed by atoms with Gasteiger partial charge in [-0.3, -0.25) is 0 Å². The van der Waals surface area contributed by atoms with E-state index in [0.29, 0.717) is 0 Å². The zero-order valence-electron chi connectivity index (χ0n) is 26.7. The van der Waals surface area contributed by atoms with E-state index >= 15 is 0 Å². The molecule has 0 unspecified atom stereocenters. The molecule has 0 bridgehead atoms. The van der Waals surface area contributed by atoms with E-state index in [-0.39, 0.29) is 5.41 Å². The van der Waals surface area contributed by atoms with Gasteiger partial charge in [0.15, 0.2) is 5.82 Å². The number of hydrogen-bond donors (Lipinski definition) is 0. The smallest absolute Gasteiger partial charge is 0.160 e. The van der Waals surface area contributed by atoms with Gasteiger partial charge in [-0.15, -0.1) is 0 Å². The fourth-order valence-electron chi connectivity index (χ4n) is 5.96. The largest absolute Gasteiger partial charge is 0.228 e. The SMILES string of the molecule is C/C(=C\C=C(/C)c1cc(-c2cccc(C3=CCc4ccccc4C(C)(C)CC=C3)c2)nc(-c2ccccc2)n1)c1ccccc1. The summed E-state index contributed by atoms with van der Waals surface area (Å²) in [5, 5.41) is 0. The maximum absolute atomic E-state index is 5.09. The molecule has 0 amide bonds. The highest BCUT2D eigenvalue weighted by atomic mass is 14.9. The van der Waals surface area contributed by atoms with Gasteiger partial charge in [0.25, 0.3) is 0 Å². The van der Waals surface area contributed by atoms with Crippen molar-refractivity contribution in [2.24, 2.45) is 0 Å². The standard InChI is InChI=1S/C43H40N2/c1-31(33-15-7-5-8-16-33)24-25-32(2)40-30-41(45-42(44-40)36-18-9-6-10-19-36)38-21-13-20-37(29-38)34-22-14-28-43(3,4)39-23-12-11-17-35(39)27-26-34/h5-26,29-30H,27-28H2,1-4H3/b22-14?,31-24+,32-25+,34-26?. The molecule has 5 aromatic rings. The molecule has 45 heavy (non-hydrogen) atoms. The van der Waals surface area contributed by atoms with Gasteiger partial charge in [0.2, 0.25) is 0 Å². The quantitative estimate of drug-likeness (QED) is 0.186. The number of benzene rings is 4. The second kappa shape index (κ2) is 13.3. The molecule has 0 saturated carbocycles. The Bertz CT molecular complexity index is 1920. The molecule has 1 heterocycles. The molecule has 0 spiro atoms. The number of allylic oxidation sites excluding steroid dienone is 8. The minimum Gasteiger partial charge on any atom is -0.228 e. The summed E-state index contributed by atoms with van der Waals surface area (Å²) in [7, 11) is 0. The molecular weight excluding hydrogens is 544 g/mol. The van der Waals surface area contributed by atoms with E-state index in [9.17, 15) is 0 Å². The van der Waals surface area contributed by atoms with Crippen molar-refractivity contribution in [3.8, 4) is 22.6 Å². The molecule has 1 aliphatic carbocycles. The van der Waals surface area contributed by atoms with Crippen LogP contribution in [-0.4, -0.2) is 9.97 Å². The Morgan fingerprint density at radius 3 is 2.13 bits per heavy atom. The number of hydrogen-bond acceptors (Lipinski definition) is 2. The van der Waals surface area contributed by atoms with Crippen LogP contribution in [-0.2, 0) is 11.8 Å². The second-order valence-corrected chi connectivity index (χ2v) is 12.5. The van der Waals surface area contributed by atoms with Crippen LogP contribution < -0.4 is 0 Å². The van der Waals surface area contributed by atoms with Crippen LogP contribution in [0.5, 0.6) is 0 Å². The maximum atomic E-state index is 5.09. The molecule has 0 radical (unpaired) electrons. The van der Waals surface area contributed by atoms with Crippen LogP contribution in [0.4, 0.5) is 0 Å². The van der Waals surface area contributed by atoms with Gasteiger partial charge < -0.3 is 0 Å². The number of aromatic nitrogens is 2. The van der Waals surface area contributed by atoms with Crippen LogP contribution in [0.1, 0.15) is 62.1 Å². The van der Waals surface area contributed by atoms with Crippen molar-refractivity contribution in [2.75, 3.05) is 0 Å². The summed E-state index contributed by atoms with van der Waals surface area (Å²) >= 11 is 0. The summed E-state index contributed by atoms with van der Waals surface area (Å²) in [5.74, 6) is 0.727. The first kappa shape index (κ1) is 30.0. The molecule has 0 N–H and O–H groups in total. The highest BCUT2D eigenvalue weighted by molar-refractivity contribution is 5.79. The van der Waals surface area contributed by atoms with Crippen LogP contribution >= 0.6 is 0 Å². The summed E-state index contributed by atoms with van der Waals surface area (Å²) < 4.78 is 0. The lowest BCUT2D eigenvalue weighted by Gasteiger charge is -2.26. The first-order valence-electron chi connectivity index (χ1n) is 15.8. The first-order valence-corrected chi connectivity index (χ1v) is 15.8. The van der Waals surface area contributed by atoms with Crippen LogP contribution in [0.15, 0.2) is 146 Å². The Balaban J connectivity index is 1.39. The predicted molar refractivity (Wildman–Crippen MR) is 192 cm³/mol. The molecule has 0 aliphatic heterocycles. The molecule has 6 rings (SSSR count). The van der Waals surface area contributed by atoms with Gasteiger partial charge in [0.05, 0.1) is 11.4 Å². The molecule has 0 atom stereocenters. The third-order valence-corrected chi connectivity index (χ3v) is 8.68. The lowest BCUT2D eigenvalue weighted by molar-refractivity contribution is 0.530. The second-order valence-electron chi connectivity index (χ2n) is 12.5. The molecule has 2 heteroatoms. The Morgan fingerprint density at radius 1 is 0.667 bits per heavy atom. The molecular formula is C43H40N2. The summed E-state index contributed by atoms with van der Waals surface area (Å²) in [4.78, 5) is 10.1. The zero-order chi connectivity index (χ0) is 31.2. The minimum absolute atomic E-state index is 0.0869. The highest BCUT2D eigenvalue weighted by Crippen LogP contribution is 2.34. The van der Waals surface area contributed by atoms with Crippen molar-refractivity contribution in [3.05, 3.63) is 174 Å². The summed E-state index contributed by atoms with van der Waals surface area (Å²) in [6.45, 7) is 8.95. The average molecular weight is 585 g/mol. The van der Waals surface area contributed by atoms with Crippen LogP contribution in [0.25, 0.3) is 39.4 Å². The van der Waals surface area contributed by atoms with Gasteiger partial charge in [0, 0.05) is 11.1 Å². The van der Waals surface area contributed by atoms with Crippen molar-refractivity contribution in [3.63, 3.8) is 0 Å². The van der Waals surface area contributed by atoms with E-state index in [1.54, 1.807) is 0 Å². The molecule has 4 aromatic carbocycles. The van der Waals surface area contributed by atoms with Crippen molar-refractivity contribution in [1.82, 2.24) is 9.97 Å². The van der Waals surface area contributed by atoms with Crippen molar-refractivity contribution < 1.29 is 0 Å². The Morgan fingerprint density at radius 2 is 1.33 bits per heavy atom. The van der Waals surface area contributed by atoms with Gasteiger partial charge in [-0.25, -0.2) is 9.97 Å². The average Bonchev–Trinajstić information content (AvgIpc) is 3.15. The number of nitrogens with zero attached hydrogens (tertiary/aromatic N) is 2. The number of fused-ring (bicyclic) bond motifs is 1. The summed E-state index contributed by atoms with van der Waals surface area (Å²) in [6.07, 6.45) is 13.2. The fourth-order valence-corrected chi connectivity index (χ4v) is 5.96. The van der Waals surface area contributed by atoms with Crippen molar-refractivity contribution >= 4 is 16.7 Å². The molecule has 0 fully saturated rings. The lowest BCUT2D eigenvalue weighted by atomic mass is 9.79. The van der Waals surface area contributed by atoms with Gasteiger partial charge in [0.1, 0.15) is 0 Å². The maximum Gasteiger partial charge on any atom is 0.160 e. The van der Waals surface area contributed by atoms with Gasteiger partial charge >= 0.3 is 0 Å². The van der Waals surface area contributed by atoms with E-state index in [0.717, 1.165) is 46.8 Å². The third kappa shape index (κ3) is 7.02. The van der Waals surface area contributed by atoms with E-state index < -0.39 is 0 Å². The molecule has 1 aliphatic rings. The van der Waals surface area contributed by atoms with Crippen LogP contribution in [0.2, 0.25) is 0 Å². The molecule has 222 valence electrons. The fraction of sp³-hybridized carbons (Fsp3) is 0.163. The topological polar surface area (TPSA) is 25.8 Å². The predicted octanol–water partition coefficient (Wildman–Crippen LogP) is 11.2. The Labute approximate surface area is 268 Å². The van der Waals surface area contributed by atoms with Gasteiger partial charge in [-0.05, 0) is 83.2 Å². The normalized spacial score (nSPS) is 15.0. The van der Waals surface area contributed by atoms with Crippen LogP contribution in [0, 0.1) is 0 Å². The van der Waals surface area contributed by atoms with Crippen LogP contribution in [0.3, 0.4) is 0 Å². The van der Waals surface area contributed by atoms with Gasteiger partial charge in [-0.2, -0.15) is 0 Å². The first-order chi connectivity index (χ1) is 21.9. The highest BCUT2D eigenvalue weighted by Gasteiger charge is 2.22. The third-order valence-electron chi connectivity index (χ3n) is 8.68. The molecule has 2 nitrogen and oxygen atoms in total. The minimum atomic E-state index is 0.0869. The van der Waals surface area contributed by atoms with E-state index in [1.807, 2.05) is 24.3 Å².